The average molecular weight is 347 g/mol. The number of piperidine rings is 1. The summed E-state index contributed by atoms with van der Waals surface area (Å²) in [5, 5.41) is 10.7. The number of hydrogen-bond acceptors (Lipinski definition) is 3. The molecule has 1 aliphatic heterocycles. The molecule has 0 saturated carbocycles. The van der Waals surface area contributed by atoms with Gasteiger partial charge in [-0.2, -0.15) is 0 Å². The molecule has 140 valence electrons. The van der Waals surface area contributed by atoms with E-state index in [0.29, 0.717) is 0 Å². The van der Waals surface area contributed by atoms with E-state index in [9.17, 15) is 10.1 Å². The number of nitrogens with zero attached hydrogens (tertiary/aromatic N) is 2. The molecule has 1 fully saturated rings. The molecule has 0 aromatic heterocycles. The fourth-order valence-electron chi connectivity index (χ4n) is 3.80. The Balaban J connectivity index is 1.57. The van der Waals surface area contributed by atoms with Gasteiger partial charge >= 0.3 is 0 Å². The van der Waals surface area contributed by atoms with Crippen molar-refractivity contribution in [1.29, 1.82) is 0 Å². The van der Waals surface area contributed by atoms with Crippen molar-refractivity contribution < 1.29 is 4.92 Å². The summed E-state index contributed by atoms with van der Waals surface area (Å²) in [6, 6.07) is 7.01. The van der Waals surface area contributed by atoms with E-state index in [4.69, 9.17) is 0 Å². The maximum absolute atomic E-state index is 10.7. The lowest BCUT2D eigenvalue weighted by atomic mass is 9.91. The van der Waals surface area contributed by atoms with Crippen molar-refractivity contribution in [2.45, 2.75) is 77.7 Å². The monoisotopic (exact) mass is 346 g/mol. The minimum absolute atomic E-state index is 0.178. The maximum Gasteiger partial charge on any atom is 0.269 e. The van der Waals surface area contributed by atoms with Gasteiger partial charge in [-0.05, 0) is 37.4 Å². The van der Waals surface area contributed by atoms with Gasteiger partial charge in [0, 0.05) is 18.7 Å². The Morgan fingerprint density at radius 2 is 1.60 bits per heavy atom. The molecule has 4 nitrogen and oxygen atoms in total. The van der Waals surface area contributed by atoms with E-state index in [0.717, 1.165) is 25.6 Å². The third-order valence-corrected chi connectivity index (χ3v) is 5.48. The lowest BCUT2D eigenvalue weighted by Crippen LogP contribution is -2.33. The number of nitro benzene ring substituents is 1. The second-order valence-electron chi connectivity index (χ2n) is 7.55. The van der Waals surface area contributed by atoms with E-state index in [1.165, 1.54) is 69.8 Å². The summed E-state index contributed by atoms with van der Waals surface area (Å²) < 4.78 is 0. The molecule has 25 heavy (non-hydrogen) atoms. The Bertz CT molecular complexity index is 493. The Labute approximate surface area is 152 Å². The molecule has 1 aromatic rings. The molecule has 0 amide bonds. The molecule has 0 bridgehead atoms. The summed E-state index contributed by atoms with van der Waals surface area (Å²) in [7, 11) is 0. The summed E-state index contributed by atoms with van der Waals surface area (Å²) >= 11 is 0. The van der Waals surface area contributed by atoms with Crippen molar-refractivity contribution in [3.63, 3.8) is 0 Å². The first-order chi connectivity index (χ1) is 12.2. The van der Waals surface area contributed by atoms with E-state index < -0.39 is 0 Å². The Morgan fingerprint density at radius 3 is 2.20 bits per heavy atom. The molecule has 0 atom stereocenters. The molecule has 1 saturated heterocycles. The van der Waals surface area contributed by atoms with Gasteiger partial charge in [-0.3, -0.25) is 15.0 Å². The molecule has 1 heterocycles. The number of hydrogen-bond donors (Lipinski definition) is 0. The molecule has 0 spiro atoms. The van der Waals surface area contributed by atoms with E-state index in [2.05, 4.69) is 11.8 Å². The topological polar surface area (TPSA) is 46.4 Å². The van der Waals surface area contributed by atoms with Crippen LogP contribution in [0.25, 0.3) is 0 Å². The van der Waals surface area contributed by atoms with Gasteiger partial charge in [0.05, 0.1) is 4.92 Å². The first kappa shape index (κ1) is 19.9. The quantitative estimate of drug-likeness (QED) is 0.283. The Hall–Kier alpha value is -1.42. The van der Waals surface area contributed by atoms with Crippen LogP contribution in [-0.2, 0) is 6.54 Å². The van der Waals surface area contributed by atoms with Crippen LogP contribution < -0.4 is 0 Å². The smallest absolute Gasteiger partial charge is 0.269 e. The average Bonchev–Trinajstić information content (AvgIpc) is 2.63. The first-order valence-electron chi connectivity index (χ1n) is 10.1. The van der Waals surface area contributed by atoms with Crippen molar-refractivity contribution in [3.05, 3.63) is 39.9 Å². The Morgan fingerprint density at radius 1 is 1.00 bits per heavy atom. The van der Waals surface area contributed by atoms with Gasteiger partial charge < -0.3 is 0 Å². The van der Waals surface area contributed by atoms with Gasteiger partial charge in [-0.1, -0.05) is 70.4 Å². The zero-order chi connectivity index (χ0) is 17.9. The highest BCUT2D eigenvalue weighted by molar-refractivity contribution is 5.32. The van der Waals surface area contributed by atoms with Crippen molar-refractivity contribution >= 4 is 5.69 Å². The van der Waals surface area contributed by atoms with E-state index in [1.807, 2.05) is 12.1 Å². The number of unbranched alkanes of at least 4 members (excludes halogenated alkanes) is 6. The van der Waals surface area contributed by atoms with Crippen LogP contribution in [0.1, 0.15) is 76.7 Å². The van der Waals surface area contributed by atoms with Gasteiger partial charge in [0.25, 0.3) is 5.69 Å². The number of nitro groups is 1. The lowest BCUT2D eigenvalue weighted by molar-refractivity contribution is -0.384. The molecule has 0 unspecified atom stereocenters. The van der Waals surface area contributed by atoms with Crippen LogP contribution >= 0.6 is 0 Å². The Kier molecular flexibility index (Phi) is 8.95. The molecule has 0 radical (unpaired) electrons. The zero-order valence-electron chi connectivity index (χ0n) is 15.8. The van der Waals surface area contributed by atoms with Crippen LogP contribution in [0.15, 0.2) is 24.3 Å². The van der Waals surface area contributed by atoms with Crippen LogP contribution in [0.2, 0.25) is 0 Å². The zero-order valence-corrected chi connectivity index (χ0v) is 15.8. The van der Waals surface area contributed by atoms with Crippen LogP contribution in [0, 0.1) is 16.0 Å². The van der Waals surface area contributed by atoms with Crippen molar-refractivity contribution in [3.8, 4) is 0 Å². The van der Waals surface area contributed by atoms with Crippen LogP contribution in [0.4, 0.5) is 5.69 Å². The van der Waals surface area contributed by atoms with Crippen molar-refractivity contribution in [2.24, 2.45) is 5.92 Å². The first-order valence-corrected chi connectivity index (χ1v) is 10.1. The van der Waals surface area contributed by atoms with E-state index >= 15 is 0 Å². The molecule has 1 aliphatic rings. The standard InChI is InChI=1S/C21H34N2O2/c1-2-3-4-5-6-7-8-9-19-14-16-22(17-15-19)18-20-10-12-21(13-11-20)23(24)25/h10-13,19H,2-9,14-18H2,1H3. The summed E-state index contributed by atoms with van der Waals surface area (Å²) in [6.07, 6.45) is 13.8. The SMILES string of the molecule is CCCCCCCCCC1CCN(Cc2ccc([N+](=O)[O-])cc2)CC1. The maximum atomic E-state index is 10.7. The van der Waals surface area contributed by atoms with Crippen LogP contribution in [0.3, 0.4) is 0 Å². The predicted molar refractivity (Wildman–Crippen MR) is 104 cm³/mol. The van der Waals surface area contributed by atoms with Gasteiger partial charge in [-0.15, -0.1) is 0 Å². The fraction of sp³-hybridized carbons (Fsp3) is 0.714. The number of rotatable bonds is 11. The molecular formula is C21H34N2O2. The van der Waals surface area contributed by atoms with Gasteiger partial charge in [-0.25, -0.2) is 0 Å². The number of non-ortho nitro benzene ring substituents is 1. The van der Waals surface area contributed by atoms with Gasteiger partial charge in [0.2, 0.25) is 0 Å². The third kappa shape index (κ3) is 7.55. The summed E-state index contributed by atoms with van der Waals surface area (Å²) in [5.41, 5.74) is 1.35. The van der Waals surface area contributed by atoms with Gasteiger partial charge in [0.15, 0.2) is 0 Å². The highest BCUT2D eigenvalue weighted by Gasteiger charge is 2.19. The molecule has 0 N–H and O–H groups in total. The predicted octanol–water partition coefficient (Wildman–Crippen LogP) is 5.95. The van der Waals surface area contributed by atoms with Gasteiger partial charge in [0.1, 0.15) is 0 Å². The summed E-state index contributed by atoms with van der Waals surface area (Å²) in [5.74, 6) is 0.906. The molecular weight excluding hydrogens is 312 g/mol. The largest absolute Gasteiger partial charge is 0.299 e. The third-order valence-electron chi connectivity index (χ3n) is 5.48. The van der Waals surface area contributed by atoms with Crippen LogP contribution in [-0.4, -0.2) is 22.9 Å². The molecule has 2 rings (SSSR count). The molecule has 1 aromatic carbocycles. The molecule has 4 heteroatoms. The number of likely N-dealkylation sites (tertiary alicyclic amines) is 1. The van der Waals surface area contributed by atoms with Crippen molar-refractivity contribution in [2.75, 3.05) is 13.1 Å². The molecule has 0 aliphatic carbocycles. The minimum Gasteiger partial charge on any atom is -0.299 e. The summed E-state index contributed by atoms with van der Waals surface area (Å²) in [6.45, 7) is 5.52. The van der Waals surface area contributed by atoms with E-state index in [-0.39, 0.29) is 10.6 Å². The normalized spacial score (nSPS) is 16.2. The highest BCUT2D eigenvalue weighted by atomic mass is 16.6. The number of benzene rings is 1. The second-order valence-corrected chi connectivity index (χ2v) is 7.55. The second kappa shape index (κ2) is 11.2. The minimum atomic E-state index is -0.334. The van der Waals surface area contributed by atoms with Crippen molar-refractivity contribution in [1.82, 2.24) is 4.90 Å². The van der Waals surface area contributed by atoms with E-state index in [1.54, 1.807) is 12.1 Å². The fourth-order valence-corrected chi connectivity index (χ4v) is 3.80. The lowest BCUT2D eigenvalue weighted by Gasteiger charge is -2.32. The van der Waals surface area contributed by atoms with Crippen LogP contribution in [0.5, 0.6) is 0 Å². The summed E-state index contributed by atoms with van der Waals surface area (Å²) in [4.78, 5) is 12.9. The highest BCUT2D eigenvalue weighted by Crippen LogP contribution is 2.24.